The molecule has 1 N–H and O–H groups in total. The van der Waals surface area contributed by atoms with Gasteiger partial charge in [0.1, 0.15) is 0 Å². The number of hydrogen-bond acceptors (Lipinski definition) is 2. The van der Waals surface area contributed by atoms with Crippen molar-refractivity contribution >= 4 is 0 Å². The van der Waals surface area contributed by atoms with E-state index in [-0.39, 0.29) is 0 Å². The van der Waals surface area contributed by atoms with Crippen LogP contribution in [0.15, 0.2) is 24.5 Å². The van der Waals surface area contributed by atoms with Gasteiger partial charge in [0, 0.05) is 24.5 Å². The Morgan fingerprint density at radius 3 is 2.92 bits per heavy atom. The van der Waals surface area contributed by atoms with Crippen LogP contribution in [-0.4, -0.2) is 11.0 Å². The minimum absolute atomic E-state index is 0.434. The third kappa shape index (κ3) is 2.07. The molecule has 3 unspecified atom stereocenters. The smallest absolute Gasteiger partial charge is 0.0315 e. The predicted molar refractivity (Wildman–Crippen MR) is 53.4 cm³/mol. The monoisotopic (exact) mass is 176 g/mol. The fourth-order valence-electron chi connectivity index (χ4n) is 1.60. The van der Waals surface area contributed by atoms with Gasteiger partial charge in [0.2, 0.25) is 0 Å². The molecule has 0 saturated heterocycles. The van der Waals surface area contributed by atoms with Crippen molar-refractivity contribution in [3.05, 3.63) is 30.1 Å². The summed E-state index contributed by atoms with van der Waals surface area (Å²) >= 11 is 0. The number of nitrogens with zero attached hydrogens (tertiary/aromatic N) is 1. The summed E-state index contributed by atoms with van der Waals surface area (Å²) in [5, 5.41) is 3.58. The molecular formula is C11H16N2. The highest BCUT2D eigenvalue weighted by Crippen LogP contribution is 2.31. The predicted octanol–water partition coefficient (Wildman–Crippen LogP) is 2.14. The average Bonchev–Trinajstić information content (AvgIpc) is 2.83. The van der Waals surface area contributed by atoms with Crippen LogP contribution in [0.25, 0.3) is 0 Å². The molecule has 1 heterocycles. The Morgan fingerprint density at radius 2 is 2.38 bits per heavy atom. The number of aromatic nitrogens is 1. The molecule has 1 saturated carbocycles. The largest absolute Gasteiger partial charge is 0.307 e. The normalized spacial score (nSPS) is 28.5. The van der Waals surface area contributed by atoms with Crippen LogP contribution < -0.4 is 5.32 Å². The van der Waals surface area contributed by atoms with Crippen molar-refractivity contribution in [1.29, 1.82) is 0 Å². The van der Waals surface area contributed by atoms with Crippen molar-refractivity contribution in [2.45, 2.75) is 32.4 Å². The van der Waals surface area contributed by atoms with Crippen LogP contribution in [0.1, 0.15) is 31.9 Å². The highest BCUT2D eigenvalue weighted by Gasteiger charge is 2.33. The minimum Gasteiger partial charge on any atom is -0.307 e. The van der Waals surface area contributed by atoms with Crippen molar-refractivity contribution in [2.24, 2.45) is 5.92 Å². The zero-order chi connectivity index (χ0) is 9.26. The van der Waals surface area contributed by atoms with Crippen LogP contribution in [0.5, 0.6) is 0 Å². The van der Waals surface area contributed by atoms with Crippen molar-refractivity contribution in [1.82, 2.24) is 10.3 Å². The van der Waals surface area contributed by atoms with Gasteiger partial charge in [-0.3, -0.25) is 4.98 Å². The molecule has 0 aliphatic heterocycles. The number of rotatable bonds is 3. The molecule has 1 fully saturated rings. The second-order valence-corrected chi connectivity index (χ2v) is 3.99. The summed E-state index contributed by atoms with van der Waals surface area (Å²) in [5.41, 5.74) is 1.28. The average molecular weight is 176 g/mol. The second-order valence-electron chi connectivity index (χ2n) is 3.99. The standard InChI is InChI=1S/C11H16N2/c1-8-6-11(8)13-9(2)10-4-3-5-12-7-10/h3-5,7-9,11,13H,6H2,1-2H3. The van der Waals surface area contributed by atoms with E-state index < -0.39 is 0 Å². The first-order valence-corrected chi connectivity index (χ1v) is 4.93. The lowest BCUT2D eigenvalue weighted by atomic mass is 10.1. The first kappa shape index (κ1) is 8.70. The Bertz CT molecular complexity index is 271. The summed E-state index contributed by atoms with van der Waals surface area (Å²) < 4.78 is 0. The Balaban J connectivity index is 1.94. The molecule has 0 amide bonds. The number of pyridine rings is 1. The van der Waals surface area contributed by atoms with Crippen molar-refractivity contribution in [3.8, 4) is 0 Å². The van der Waals surface area contributed by atoms with E-state index >= 15 is 0 Å². The van der Waals surface area contributed by atoms with E-state index in [1.54, 1.807) is 0 Å². The molecule has 0 radical (unpaired) electrons. The highest BCUT2D eigenvalue weighted by atomic mass is 15.0. The van der Waals surface area contributed by atoms with E-state index in [4.69, 9.17) is 0 Å². The van der Waals surface area contributed by atoms with E-state index in [0.29, 0.717) is 6.04 Å². The van der Waals surface area contributed by atoms with E-state index in [1.165, 1.54) is 12.0 Å². The molecule has 2 heteroatoms. The molecule has 70 valence electrons. The quantitative estimate of drug-likeness (QED) is 0.763. The van der Waals surface area contributed by atoms with Crippen LogP contribution in [0.3, 0.4) is 0 Å². The third-order valence-corrected chi connectivity index (χ3v) is 2.76. The van der Waals surface area contributed by atoms with Gasteiger partial charge in [-0.2, -0.15) is 0 Å². The summed E-state index contributed by atoms with van der Waals surface area (Å²) in [4.78, 5) is 4.11. The number of nitrogens with one attached hydrogen (secondary N) is 1. The fourth-order valence-corrected chi connectivity index (χ4v) is 1.60. The van der Waals surface area contributed by atoms with Crippen LogP contribution in [0.2, 0.25) is 0 Å². The fraction of sp³-hybridized carbons (Fsp3) is 0.545. The molecule has 1 aliphatic carbocycles. The first-order valence-electron chi connectivity index (χ1n) is 4.93. The lowest BCUT2D eigenvalue weighted by Gasteiger charge is -2.12. The summed E-state index contributed by atoms with van der Waals surface area (Å²) in [6.45, 7) is 4.48. The van der Waals surface area contributed by atoms with Gasteiger partial charge in [0.25, 0.3) is 0 Å². The minimum atomic E-state index is 0.434. The molecule has 0 spiro atoms. The molecule has 1 aromatic heterocycles. The Hall–Kier alpha value is -0.890. The summed E-state index contributed by atoms with van der Waals surface area (Å²) in [6, 6.07) is 5.28. The second kappa shape index (κ2) is 3.46. The van der Waals surface area contributed by atoms with Crippen LogP contribution >= 0.6 is 0 Å². The molecule has 13 heavy (non-hydrogen) atoms. The van der Waals surface area contributed by atoms with Crippen molar-refractivity contribution in [3.63, 3.8) is 0 Å². The Morgan fingerprint density at radius 1 is 1.62 bits per heavy atom. The van der Waals surface area contributed by atoms with Gasteiger partial charge in [-0.1, -0.05) is 13.0 Å². The highest BCUT2D eigenvalue weighted by molar-refractivity contribution is 5.13. The van der Waals surface area contributed by atoms with Gasteiger partial charge in [0.05, 0.1) is 0 Å². The maximum atomic E-state index is 4.11. The molecule has 1 aromatic rings. The van der Waals surface area contributed by atoms with Gasteiger partial charge >= 0.3 is 0 Å². The zero-order valence-electron chi connectivity index (χ0n) is 8.20. The zero-order valence-corrected chi connectivity index (χ0v) is 8.20. The lowest BCUT2D eigenvalue weighted by molar-refractivity contribution is 0.550. The molecule has 2 rings (SSSR count). The van der Waals surface area contributed by atoms with Gasteiger partial charge in [-0.15, -0.1) is 0 Å². The Labute approximate surface area is 79.4 Å². The SMILES string of the molecule is CC(NC1CC1C)c1cccnc1. The molecule has 1 aliphatic rings. The third-order valence-electron chi connectivity index (χ3n) is 2.76. The lowest BCUT2D eigenvalue weighted by Crippen LogP contribution is -2.21. The van der Waals surface area contributed by atoms with Crippen molar-refractivity contribution < 1.29 is 0 Å². The van der Waals surface area contributed by atoms with Gasteiger partial charge in [-0.25, -0.2) is 0 Å². The van der Waals surface area contributed by atoms with Crippen LogP contribution in [0.4, 0.5) is 0 Å². The Kier molecular flexibility index (Phi) is 2.32. The molecule has 2 nitrogen and oxygen atoms in total. The maximum Gasteiger partial charge on any atom is 0.0315 e. The van der Waals surface area contributed by atoms with Crippen LogP contribution in [-0.2, 0) is 0 Å². The van der Waals surface area contributed by atoms with Gasteiger partial charge < -0.3 is 5.32 Å². The molecule has 0 bridgehead atoms. The molecule has 3 atom stereocenters. The van der Waals surface area contributed by atoms with Gasteiger partial charge in [0.15, 0.2) is 0 Å². The summed E-state index contributed by atoms with van der Waals surface area (Å²) in [6.07, 6.45) is 5.07. The molecule has 0 aromatic carbocycles. The van der Waals surface area contributed by atoms with E-state index in [1.807, 2.05) is 18.5 Å². The van der Waals surface area contributed by atoms with E-state index in [9.17, 15) is 0 Å². The summed E-state index contributed by atoms with van der Waals surface area (Å²) in [7, 11) is 0. The first-order chi connectivity index (χ1) is 6.27. The van der Waals surface area contributed by atoms with Crippen molar-refractivity contribution in [2.75, 3.05) is 0 Å². The van der Waals surface area contributed by atoms with E-state index in [2.05, 4.69) is 30.2 Å². The summed E-state index contributed by atoms with van der Waals surface area (Å²) in [5.74, 6) is 0.860. The van der Waals surface area contributed by atoms with E-state index in [0.717, 1.165) is 12.0 Å². The number of hydrogen-bond donors (Lipinski definition) is 1. The topological polar surface area (TPSA) is 24.9 Å². The van der Waals surface area contributed by atoms with Gasteiger partial charge in [-0.05, 0) is 30.9 Å². The van der Waals surface area contributed by atoms with Crippen LogP contribution in [0, 0.1) is 5.92 Å². The maximum absolute atomic E-state index is 4.11. The molecular weight excluding hydrogens is 160 g/mol.